The lowest BCUT2D eigenvalue weighted by molar-refractivity contribution is 0.111. The first-order valence-electron chi connectivity index (χ1n) is 4.16. The lowest BCUT2D eigenvalue weighted by atomic mass is 10.1. The van der Waals surface area contributed by atoms with E-state index in [1.807, 2.05) is 0 Å². The number of hydrogen-bond acceptors (Lipinski definition) is 2. The van der Waals surface area contributed by atoms with E-state index in [2.05, 4.69) is 26.1 Å². The molecule has 0 aliphatic rings. The Balaban J connectivity index is 2.44. The zero-order chi connectivity index (χ0) is 10.8. The molecule has 0 amide bonds. The van der Waals surface area contributed by atoms with E-state index in [1.165, 1.54) is 6.07 Å². The summed E-state index contributed by atoms with van der Waals surface area (Å²) in [5.41, 5.74) is 1.75. The summed E-state index contributed by atoms with van der Waals surface area (Å²) in [6, 6.07) is 6.16. The van der Waals surface area contributed by atoms with Crippen LogP contribution in [0.15, 0.2) is 28.7 Å². The number of aromatic nitrogens is 2. The maximum Gasteiger partial charge on any atom is 0.167 e. The molecule has 1 N–H and O–H groups in total. The van der Waals surface area contributed by atoms with E-state index in [-0.39, 0.29) is 5.82 Å². The number of hydrogen-bond donors (Lipinski definition) is 1. The minimum Gasteiger partial charge on any atom is -0.296 e. The summed E-state index contributed by atoms with van der Waals surface area (Å²) in [7, 11) is 0. The smallest absolute Gasteiger partial charge is 0.167 e. The monoisotopic (exact) mass is 268 g/mol. The minimum atomic E-state index is -0.329. The molecular weight excluding hydrogens is 263 g/mol. The Hall–Kier alpha value is -1.49. The van der Waals surface area contributed by atoms with Crippen molar-refractivity contribution in [3.8, 4) is 11.3 Å². The fourth-order valence-electron chi connectivity index (χ4n) is 1.20. The van der Waals surface area contributed by atoms with Gasteiger partial charge in [0.25, 0.3) is 0 Å². The van der Waals surface area contributed by atoms with Crippen molar-refractivity contribution >= 4 is 22.2 Å². The molecule has 0 radical (unpaired) electrons. The van der Waals surface area contributed by atoms with Crippen molar-refractivity contribution in [1.29, 1.82) is 0 Å². The van der Waals surface area contributed by atoms with Crippen molar-refractivity contribution < 1.29 is 9.18 Å². The van der Waals surface area contributed by atoms with Crippen LogP contribution < -0.4 is 0 Å². The summed E-state index contributed by atoms with van der Waals surface area (Å²) in [5, 5.41) is 6.49. The molecule has 0 spiro atoms. The number of aromatic amines is 1. The first-order chi connectivity index (χ1) is 7.20. The van der Waals surface area contributed by atoms with Gasteiger partial charge in [0.1, 0.15) is 5.82 Å². The molecule has 0 unspecified atom stereocenters. The maximum atomic E-state index is 13.0. The highest BCUT2D eigenvalue weighted by Gasteiger charge is 2.06. The van der Waals surface area contributed by atoms with Gasteiger partial charge in [-0.1, -0.05) is 0 Å². The highest BCUT2D eigenvalue weighted by atomic mass is 79.9. The van der Waals surface area contributed by atoms with Crippen molar-refractivity contribution in [2.45, 2.75) is 0 Å². The lowest BCUT2D eigenvalue weighted by Gasteiger charge is -1.97. The Kier molecular flexibility index (Phi) is 2.64. The Morgan fingerprint density at radius 2 is 2.20 bits per heavy atom. The van der Waals surface area contributed by atoms with E-state index in [0.717, 1.165) is 5.56 Å². The van der Waals surface area contributed by atoms with Gasteiger partial charge in [-0.05, 0) is 40.2 Å². The molecule has 76 valence electrons. The molecule has 0 fully saturated rings. The fraction of sp³-hybridized carbons (Fsp3) is 0. The van der Waals surface area contributed by atoms with Gasteiger partial charge in [-0.2, -0.15) is 5.10 Å². The molecule has 1 aromatic carbocycles. The molecule has 0 aliphatic carbocycles. The number of nitrogens with zero attached hydrogens (tertiary/aromatic N) is 1. The van der Waals surface area contributed by atoms with Gasteiger partial charge in [-0.25, -0.2) is 4.39 Å². The molecule has 15 heavy (non-hydrogen) atoms. The topological polar surface area (TPSA) is 45.8 Å². The quantitative estimate of drug-likeness (QED) is 0.852. The molecule has 0 aliphatic heterocycles. The molecule has 1 aromatic heterocycles. The largest absolute Gasteiger partial charge is 0.296 e. The molecule has 0 saturated carbocycles. The van der Waals surface area contributed by atoms with E-state index in [0.29, 0.717) is 22.1 Å². The summed E-state index contributed by atoms with van der Waals surface area (Å²) in [6.07, 6.45) is 0.676. The Labute approximate surface area is 93.4 Å². The Morgan fingerprint density at radius 1 is 1.40 bits per heavy atom. The number of benzene rings is 1. The number of aldehydes is 1. The van der Waals surface area contributed by atoms with Crippen molar-refractivity contribution in [2.75, 3.05) is 0 Å². The van der Waals surface area contributed by atoms with Crippen LogP contribution >= 0.6 is 15.9 Å². The molecule has 0 atom stereocenters. The zero-order valence-corrected chi connectivity index (χ0v) is 9.08. The molecule has 1 heterocycles. The lowest BCUT2D eigenvalue weighted by Crippen LogP contribution is -1.81. The average molecular weight is 269 g/mol. The SMILES string of the molecule is O=Cc1cc(-c2ccc(F)c(Br)c2)n[nH]1. The van der Waals surface area contributed by atoms with Crippen molar-refractivity contribution in [1.82, 2.24) is 10.2 Å². The molecule has 2 aromatic rings. The van der Waals surface area contributed by atoms with Crippen LogP contribution in [0.4, 0.5) is 4.39 Å². The van der Waals surface area contributed by atoms with Crippen LogP contribution in [0, 0.1) is 5.82 Å². The molecule has 2 rings (SSSR count). The third kappa shape index (κ3) is 1.97. The average Bonchev–Trinajstić information content (AvgIpc) is 2.70. The Bertz CT molecular complexity index is 510. The van der Waals surface area contributed by atoms with Crippen LogP contribution in [-0.2, 0) is 0 Å². The van der Waals surface area contributed by atoms with Gasteiger partial charge < -0.3 is 0 Å². The number of carbonyl (C=O) groups is 1. The van der Waals surface area contributed by atoms with Crippen LogP contribution in [0.3, 0.4) is 0 Å². The van der Waals surface area contributed by atoms with Crippen LogP contribution in [-0.4, -0.2) is 16.5 Å². The summed E-state index contributed by atoms with van der Waals surface area (Å²) >= 11 is 3.08. The number of H-pyrrole nitrogens is 1. The fourth-order valence-corrected chi connectivity index (χ4v) is 1.58. The molecule has 3 nitrogen and oxygen atoms in total. The minimum absolute atomic E-state index is 0.329. The van der Waals surface area contributed by atoms with Crippen LogP contribution in [0.25, 0.3) is 11.3 Å². The van der Waals surface area contributed by atoms with Crippen molar-refractivity contribution in [3.63, 3.8) is 0 Å². The summed E-state index contributed by atoms with van der Waals surface area (Å²) in [4.78, 5) is 10.4. The first kappa shape index (κ1) is 10.0. The molecule has 0 bridgehead atoms. The number of carbonyl (C=O) groups excluding carboxylic acids is 1. The van der Waals surface area contributed by atoms with Crippen molar-refractivity contribution in [3.05, 3.63) is 40.2 Å². The number of halogens is 2. The second-order valence-electron chi connectivity index (χ2n) is 2.96. The second kappa shape index (κ2) is 3.94. The third-order valence-corrected chi connectivity index (χ3v) is 2.55. The zero-order valence-electron chi connectivity index (χ0n) is 7.50. The third-order valence-electron chi connectivity index (χ3n) is 1.94. The maximum absolute atomic E-state index is 13.0. The van der Waals surface area contributed by atoms with Crippen molar-refractivity contribution in [2.24, 2.45) is 0 Å². The number of nitrogens with one attached hydrogen (secondary N) is 1. The van der Waals surface area contributed by atoms with E-state index < -0.39 is 0 Å². The normalized spacial score (nSPS) is 10.3. The summed E-state index contributed by atoms with van der Waals surface area (Å²) in [6.45, 7) is 0. The predicted molar refractivity (Wildman–Crippen MR) is 57.1 cm³/mol. The molecule has 0 saturated heterocycles. The van der Waals surface area contributed by atoms with E-state index in [9.17, 15) is 9.18 Å². The van der Waals surface area contributed by atoms with E-state index >= 15 is 0 Å². The van der Waals surface area contributed by atoms with Gasteiger partial charge >= 0.3 is 0 Å². The van der Waals surface area contributed by atoms with Gasteiger partial charge in [0, 0.05) is 5.56 Å². The first-order valence-corrected chi connectivity index (χ1v) is 4.96. The molecular formula is C10H6BrFN2O. The second-order valence-corrected chi connectivity index (χ2v) is 3.81. The standard InChI is InChI=1S/C10H6BrFN2O/c11-8-3-6(1-2-9(8)12)10-4-7(5-15)13-14-10/h1-5H,(H,13,14). The summed E-state index contributed by atoms with van der Waals surface area (Å²) < 4.78 is 13.3. The van der Waals surface area contributed by atoms with Crippen LogP contribution in [0.2, 0.25) is 0 Å². The van der Waals surface area contributed by atoms with Gasteiger partial charge in [-0.15, -0.1) is 0 Å². The summed E-state index contributed by atoms with van der Waals surface area (Å²) in [5.74, 6) is -0.329. The van der Waals surface area contributed by atoms with E-state index in [4.69, 9.17) is 0 Å². The van der Waals surface area contributed by atoms with Gasteiger partial charge in [-0.3, -0.25) is 9.89 Å². The predicted octanol–water partition coefficient (Wildman–Crippen LogP) is 2.79. The Morgan fingerprint density at radius 3 is 2.80 bits per heavy atom. The van der Waals surface area contributed by atoms with Gasteiger partial charge in [0.2, 0.25) is 0 Å². The van der Waals surface area contributed by atoms with E-state index in [1.54, 1.807) is 18.2 Å². The van der Waals surface area contributed by atoms with Gasteiger partial charge in [0.15, 0.2) is 6.29 Å². The highest BCUT2D eigenvalue weighted by molar-refractivity contribution is 9.10. The highest BCUT2D eigenvalue weighted by Crippen LogP contribution is 2.23. The van der Waals surface area contributed by atoms with Crippen LogP contribution in [0.5, 0.6) is 0 Å². The number of rotatable bonds is 2. The molecule has 5 heteroatoms. The van der Waals surface area contributed by atoms with Crippen LogP contribution in [0.1, 0.15) is 10.5 Å². The van der Waals surface area contributed by atoms with Gasteiger partial charge in [0.05, 0.1) is 15.9 Å².